The Morgan fingerprint density at radius 2 is 1.95 bits per heavy atom. The van der Waals surface area contributed by atoms with E-state index in [0.717, 1.165) is 42.1 Å². The second kappa shape index (κ2) is 10.4. The van der Waals surface area contributed by atoms with Gasteiger partial charge in [0.15, 0.2) is 0 Å². The van der Waals surface area contributed by atoms with Crippen LogP contribution in [-0.4, -0.2) is 22.5 Å². The molecule has 0 aliphatic heterocycles. The Labute approximate surface area is 130 Å². The van der Waals surface area contributed by atoms with Gasteiger partial charge in [-0.25, -0.2) is 0 Å². The lowest BCUT2D eigenvalue weighted by molar-refractivity contribution is 0.464. The summed E-state index contributed by atoms with van der Waals surface area (Å²) in [7, 11) is -0.773. The minimum absolute atomic E-state index is 0.572. The molecule has 1 aromatic rings. The molecule has 2 nitrogen and oxygen atoms in total. The van der Waals surface area contributed by atoms with Gasteiger partial charge >= 0.3 is 0 Å². The molecule has 0 aliphatic carbocycles. The molecule has 0 aliphatic rings. The van der Waals surface area contributed by atoms with Crippen molar-refractivity contribution in [1.29, 1.82) is 0 Å². The Kier molecular flexibility index (Phi) is 9.16. The zero-order chi connectivity index (χ0) is 14.8. The van der Waals surface area contributed by atoms with E-state index in [9.17, 15) is 4.21 Å². The second-order valence-corrected chi connectivity index (χ2v) is 7.13. The van der Waals surface area contributed by atoms with Gasteiger partial charge in [0.25, 0.3) is 0 Å². The minimum atomic E-state index is -0.773. The van der Waals surface area contributed by atoms with Gasteiger partial charge in [0.05, 0.1) is 0 Å². The van der Waals surface area contributed by atoms with E-state index in [1.165, 1.54) is 6.42 Å². The largest absolute Gasteiger partial charge is 0.314 e. The van der Waals surface area contributed by atoms with Crippen molar-refractivity contribution < 1.29 is 4.21 Å². The van der Waals surface area contributed by atoms with Gasteiger partial charge in [0.2, 0.25) is 0 Å². The van der Waals surface area contributed by atoms with Crippen molar-refractivity contribution in [2.45, 2.75) is 51.3 Å². The molecule has 2 atom stereocenters. The average molecular weight is 316 g/mol. The molecule has 0 amide bonds. The van der Waals surface area contributed by atoms with E-state index < -0.39 is 10.8 Å². The summed E-state index contributed by atoms with van der Waals surface area (Å²) in [6.45, 7) is 5.46. The van der Waals surface area contributed by atoms with Crippen LogP contribution in [-0.2, 0) is 16.6 Å². The van der Waals surface area contributed by atoms with Crippen molar-refractivity contribution >= 4 is 22.4 Å². The van der Waals surface area contributed by atoms with Crippen LogP contribution in [0.15, 0.2) is 24.3 Å². The molecular weight excluding hydrogens is 290 g/mol. The number of halogens is 1. The minimum Gasteiger partial charge on any atom is -0.314 e. The average Bonchev–Trinajstić information content (AvgIpc) is 2.45. The third-order valence-corrected chi connectivity index (χ3v) is 4.99. The fourth-order valence-electron chi connectivity index (χ4n) is 2.13. The first-order valence-corrected chi connectivity index (χ1v) is 9.35. The molecule has 20 heavy (non-hydrogen) atoms. The highest BCUT2D eigenvalue weighted by molar-refractivity contribution is 7.84. The normalized spacial score (nSPS) is 14.2. The van der Waals surface area contributed by atoms with Crippen LogP contribution in [0.5, 0.6) is 0 Å². The number of hydrogen-bond acceptors (Lipinski definition) is 2. The summed E-state index contributed by atoms with van der Waals surface area (Å²) in [5.74, 6) is 1.42. The Morgan fingerprint density at radius 1 is 1.25 bits per heavy atom. The highest BCUT2D eigenvalue weighted by Gasteiger charge is 2.07. The van der Waals surface area contributed by atoms with Gasteiger partial charge in [-0.1, -0.05) is 37.6 Å². The topological polar surface area (TPSA) is 29.1 Å². The standard InChI is InChI=1S/C16H26ClNOS/c1-3-11-18-16(4-2)6-5-12-20(19)13-14-7-9-15(17)10-8-14/h7-10,16,18H,3-6,11-13H2,1-2H3. The van der Waals surface area contributed by atoms with Gasteiger partial charge < -0.3 is 5.32 Å². The monoisotopic (exact) mass is 315 g/mol. The van der Waals surface area contributed by atoms with Crippen molar-refractivity contribution in [1.82, 2.24) is 5.32 Å². The Morgan fingerprint density at radius 3 is 2.55 bits per heavy atom. The van der Waals surface area contributed by atoms with Crippen LogP contribution in [0.3, 0.4) is 0 Å². The van der Waals surface area contributed by atoms with Gasteiger partial charge in [0.1, 0.15) is 0 Å². The SMILES string of the molecule is CCCNC(CC)CCCS(=O)Cc1ccc(Cl)cc1. The van der Waals surface area contributed by atoms with Crippen LogP contribution < -0.4 is 5.32 Å². The first-order valence-electron chi connectivity index (χ1n) is 7.48. The highest BCUT2D eigenvalue weighted by atomic mass is 35.5. The zero-order valence-corrected chi connectivity index (χ0v) is 14.1. The summed E-state index contributed by atoms with van der Waals surface area (Å²) in [6.07, 6.45) is 4.45. The molecule has 0 aromatic heterocycles. The zero-order valence-electron chi connectivity index (χ0n) is 12.5. The Hall–Kier alpha value is -0.380. The Bertz CT molecular complexity index is 394. The van der Waals surface area contributed by atoms with Gasteiger partial charge in [-0.15, -0.1) is 0 Å². The quantitative estimate of drug-likeness (QED) is 0.703. The number of hydrogen-bond donors (Lipinski definition) is 1. The summed E-state index contributed by atoms with van der Waals surface area (Å²) >= 11 is 5.84. The molecule has 2 unspecified atom stereocenters. The van der Waals surface area contributed by atoms with Gasteiger partial charge in [-0.2, -0.15) is 0 Å². The number of rotatable bonds is 10. The van der Waals surface area contributed by atoms with E-state index >= 15 is 0 Å². The van der Waals surface area contributed by atoms with Crippen molar-refractivity contribution in [3.63, 3.8) is 0 Å². The lowest BCUT2D eigenvalue weighted by Crippen LogP contribution is -2.29. The molecule has 0 bridgehead atoms. The molecule has 4 heteroatoms. The predicted molar refractivity (Wildman–Crippen MR) is 89.8 cm³/mol. The van der Waals surface area contributed by atoms with E-state index in [1.807, 2.05) is 24.3 Å². The molecular formula is C16H26ClNOS. The van der Waals surface area contributed by atoms with Crippen molar-refractivity contribution in [3.8, 4) is 0 Å². The van der Waals surface area contributed by atoms with E-state index in [-0.39, 0.29) is 0 Å². The third kappa shape index (κ3) is 7.41. The van der Waals surface area contributed by atoms with Crippen molar-refractivity contribution in [3.05, 3.63) is 34.9 Å². The summed E-state index contributed by atoms with van der Waals surface area (Å²) in [5, 5.41) is 4.26. The number of benzene rings is 1. The molecule has 114 valence electrons. The molecule has 0 saturated heterocycles. The maximum atomic E-state index is 12.0. The lowest BCUT2D eigenvalue weighted by atomic mass is 10.1. The number of nitrogens with one attached hydrogen (secondary N) is 1. The first-order chi connectivity index (χ1) is 9.65. The van der Waals surface area contributed by atoms with Crippen LogP contribution >= 0.6 is 11.6 Å². The molecule has 0 radical (unpaired) electrons. The lowest BCUT2D eigenvalue weighted by Gasteiger charge is -2.16. The molecule has 0 spiro atoms. The summed E-state index contributed by atoms with van der Waals surface area (Å²) in [4.78, 5) is 0. The van der Waals surface area contributed by atoms with Crippen LogP contribution in [0.2, 0.25) is 5.02 Å². The van der Waals surface area contributed by atoms with E-state index in [2.05, 4.69) is 19.2 Å². The maximum absolute atomic E-state index is 12.0. The van der Waals surface area contributed by atoms with Gasteiger partial charge in [0, 0.05) is 33.4 Å². The van der Waals surface area contributed by atoms with Crippen molar-refractivity contribution in [2.24, 2.45) is 0 Å². The molecule has 1 aromatic carbocycles. The van der Waals surface area contributed by atoms with E-state index in [1.54, 1.807) is 0 Å². The molecule has 0 heterocycles. The third-order valence-electron chi connectivity index (χ3n) is 3.34. The summed E-state index contributed by atoms with van der Waals surface area (Å²) < 4.78 is 12.0. The smallest absolute Gasteiger partial charge is 0.0485 e. The molecule has 1 N–H and O–H groups in total. The van der Waals surface area contributed by atoms with Crippen LogP contribution in [0.25, 0.3) is 0 Å². The van der Waals surface area contributed by atoms with E-state index in [4.69, 9.17) is 11.6 Å². The Balaban J connectivity index is 2.23. The van der Waals surface area contributed by atoms with Crippen LogP contribution in [0, 0.1) is 0 Å². The molecule has 0 fully saturated rings. The second-order valence-electron chi connectivity index (χ2n) is 5.12. The fraction of sp³-hybridized carbons (Fsp3) is 0.625. The van der Waals surface area contributed by atoms with Gasteiger partial charge in [-0.05, 0) is 49.9 Å². The van der Waals surface area contributed by atoms with E-state index in [0.29, 0.717) is 11.8 Å². The first kappa shape index (κ1) is 17.7. The summed E-state index contributed by atoms with van der Waals surface area (Å²) in [5.41, 5.74) is 1.10. The van der Waals surface area contributed by atoms with Crippen LogP contribution in [0.1, 0.15) is 45.1 Å². The highest BCUT2D eigenvalue weighted by Crippen LogP contribution is 2.12. The summed E-state index contributed by atoms with van der Waals surface area (Å²) in [6, 6.07) is 8.20. The molecule has 0 saturated carbocycles. The molecule has 1 rings (SSSR count). The maximum Gasteiger partial charge on any atom is 0.0485 e. The van der Waals surface area contributed by atoms with Crippen molar-refractivity contribution in [2.75, 3.05) is 12.3 Å². The predicted octanol–water partition coefficient (Wildman–Crippen LogP) is 4.15. The van der Waals surface area contributed by atoms with Gasteiger partial charge in [-0.3, -0.25) is 4.21 Å². The fourth-order valence-corrected chi connectivity index (χ4v) is 3.45. The van der Waals surface area contributed by atoms with Crippen LogP contribution in [0.4, 0.5) is 0 Å².